The molecule has 4 rings (SSSR count). The zero-order valence-corrected chi connectivity index (χ0v) is 12.7. The largest absolute Gasteiger partial charge is 0.0770 e. The summed E-state index contributed by atoms with van der Waals surface area (Å²) >= 11 is 0. The van der Waals surface area contributed by atoms with Gasteiger partial charge in [-0.1, -0.05) is 49.4 Å². The maximum Gasteiger partial charge on any atom is -0.00790 e. The Morgan fingerprint density at radius 2 is 1.95 bits per heavy atom. The topological polar surface area (TPSA) is 0 Å². The summed E-state index contributed by atoms with van der Waals surface area (Å²) < 4.78 is 0. The highest BCUT2D eigenvalue weighted by Gasteiger charge is 2.12. The Bertz CT molecular complexity index is 900. The number of fused-ring (bicyclic) bond motifs is 4. The molecular formula is C21H21. The van der Waals surface area contributed by atoms with E-state index in [1.165, 1.54) is 45.7 Å². The van der Waals surface area contributed by atoms with Gasteiger partial charge in [0.15, 0.2) is 0 Å². The summed E-state index contributed by atoms with van der Waals surface area (Å²) in [5.74, 6) is 0. The zero-order chi connectivity index (χ0) is 14.2. The third-order valence-corrected chi connectivity index (χ3v) is 4.83. The van der Waals surface area contributed by atoms with Gasteiger partial charge >= 0.3 is 0 Å². The minimum absolute atomic E-state index is 1.09. The van der Waals surface area contributed by atoms with E-state index < -0.39 is 0 Å². The van der Waals surface area contributed by atoms with Gasteiger partial charge in [0.25, 0.3) is 0 Å². The monoisotopic (exact) mass is 273 g/mol. The van der Waals surface area contributed by atoms with E-state index in [0.717, 1.165) is 12.8 Å². The van der Waals surface area contributed by atoms with Gasteiger partial charge in [0.1, 0.15) is 0 Å². The van der Waals surface area contributed by atoms with Crippen molar-refractivity contribution in [3.63, 3.8) is 0 Å². The highest BCUT2D eigenvalue weighted by molar-refractivity contribution is 5.49. The van der Waals surface area contributed by atoms with Crippen LogP contribution in [0.15, 0.2) is 30.3 Å². The molecule has 0 unspecified atom stereocenters. The van der Waals surface area contributed by atoms with Crippen molar-refractivity contribution in [3.8, 4) is 0 Å². The smallest absolute Gasteiger partial charge is 0.00790 e. The van der Waals surface area contributed by atoms with E-state index in [9.17, 15) is 0 Å². The van der Waals surface area contributed by atoms with Crippen molar-refractivity contribution in [2.24, 2.45) is 0 Å². The van der Waals surface area contributed by atoms with Gasteiger partial charge < -0.3 is 0 Å². The van der Waals surface area contributed by atoms with Gasteiger partial charge in [0, 0.05) is 0 Å². The van der Waals surface area contributed by atoms with Crippen LogP contribution in [0.5, 0.6) is 0 Å². The maximum absolute atomic E-state index is 2.44. The molecule has 0 nitrogen and oxygen atoms in total. The molecule has 0 aromatic heterocycles. The molecule has 0 heteroatoms. The number of hydrogen-bond acceptors (Lipinski definition) is 0. The average molecular weight is 273 g/mol. The van der Waals surface area contributed by atoms with E-state index in [2.05, 4.69) is 55.8 Å². The predicted molar refractivity (Wildman–Crippen MR) is 89.1 cm³/mol. The lowest BCUT2D eigenvalue weighted by Gasteiger charge is -2.17. The molecule has 0 heterocycles. The molecule has 2 aromatic rings. The van der Waals surface area contributed by atoms with Crippen LogP contribution < -0.4 is 10.4 Å². The highest BCUT2D eigenvalue weighted by Crippen LogP contribution is 2.18. The first-order chi connectivity index (χ1) is 10.4. The predicted octanol–water partition coefficient (Wildman–Crippen LogP) is 3.39. The van der Waals surface area contributed by atoms with Crippen molar-refractivity contribution in [1.29, 1.82) is 0 Å². The normalized spacial score (nSPS) is 15.3. The van der Waals surface area contributed by atoms with Crippen LogP contribution in [0.25, 0.3) is 12.2 Å². The molecule has 2 aliphatic carbocycles. The lowest BCUT2D eigenvalue weighted by molar-refractivity contribution is 0.824. The highest BCUT2D eigenvalue weighted by atomic mass is 14.2. The minimum Gasteiger partial charge on any atom is -0.0770 e. The van der Waals surface area contributed by atoms with Crippen molar-refractivity contribution in [2.45, 2.75) is 39.0 Å². The SMILES string of the molecule is CC[CH]c1cccc2c1=CCc1c3c(ccc1=2)=CCCC3. The molecule has 0 amide bonds. The Labute approximate surface area is 126 Å². The van der Waals surface area contributed by atoms with Gasteiger partial charge in [-0.15, -0.1) is 0 Å². The summed E-state index contributed by atoms with van der Waals surface area (Å²) in [4.78, 5) is 0. The fourth-order valence-electron chi connectivity index (χ4n) is 3.87. The molecule has 0 saturated heterocycles. The summed E-state index contributed by atoms with van der Waals surface area (Å²) in [5, 5.41) is 5.81. The van der Waals surface area contributed by atoms with Crippen LogP contribution in [0.4, 0.5) is 0 Å². The molecule has 21 heavy (non-hydrogen) atoms. The summed E-state index contributed by atoms with van der Waals surface area (Å²) in [7, 11) is 0. The van der Waals surface area contributed by atoms with Crippen LogP contribution in [0.2, 0.25) is 0 Å². The first-order valence-electron chi connectivity index (χ1n) is 8.16. The summed E-state index contributed by atoms with van der Waals surface area (Å²) in [5.41, 5.74) is 4.57. The van der Waals surface area contributed by atoms with Crippen LogP contribution in [-0.4, -0.2) is 0 Å². The van der Waals surface area contributed by atoms with Gasteiger partial charge in [0.05, 0.1) is 0 Å². The molecule has 0 N–H and O–H groups in total. The fraction of sp³-hybridized carbons (Fsp3) is 0.286. The molecule has 0 bridgehead atoms. The second-order valence-corrected chi connectivity index (χ2v) is 6.08. The molecule has 2 aromatic carbocycles. The lowest BCUT2D eigenvalue weighted by atomic mass is 9.88. The summed E-state index contributed by atoms with van der Waals surface area (Å²) in [6.45, 7) is 2.21. The Morgan fingerprint density at radius 1 is 1.00 bits per heavy atom. The van der Waals surface area contributed by atoms with Crippen LogP contribution in [0.3, 0.4) is 0 Å². The quantitative estimate of drug-likeness (QED) is 0.787. The summed E-state index contributed by atoms with van der Waals surface area (Å²) in [6, 6.07) is 11.4. The lowest BCUT2D eigenvalue weighted by Crippen LogP contribution is -2.21. The van der Waals surface area contributed by atoms with Crippen LogP contribution in [0.1, 0.15) is 42.9 Å². The first-order valence-corrected chi connectivity index (χ1v) is 8.16. The Hall–Kier alpha value is -1.82. The second kappa shape index (κ2) is 5.18. The van der Waals surface area contributed by atoms with Crippen LogP contribution >= 0.6 is 0 Å². The molecule has 0 saturated carbocycles. The van der Waals surface area contributed by atoms with E-state index >= 15 is 0 Å². The molecular weight excluding hydrogens is 252 g/mol. The Morgan fingerprint density at radius 3 is 2.86 bits per heavy atom. The first kappa shape index (κ1) is 12.9. The van der Waals surface area contributed by atoms with Gasteiger partial charge in [-0.25, -0.2) is 0 Å². The third-order valence-electron chi connectivity index (χ3n) is 4.83. The molecule has 0 atom stereocenters. The van der Waals surface area contributed by atoms with Gasteiger partial charge in [-0.05, 0) is 76.1 Å². The number of benzene rings is 2. The molecule has 1 radical (unpaired) electrons. The van der Waals surface area contributed by atoms with Crippen molar-refractivity contribution >= 4 is 12.2 Å². The van der Waals surface area contributed by atoms with E-state index in [-0.39, 0.29) is 0 Å². The summed E-state index contributed by atoms with van der Waals surface area (Å²) in [6.07, 6.45) is 13.2. The van der Waals surface area contributed by atoms with Crippen molar-refractivity contribution in [3.05, 3.63) is 74.3 Å². The zero-order valence-electron chi connectivity index (χ0n) is 12.7. The fourth-order valence-corrected chi connectivity index (χ4v) is 3.87. The van der Waals surface area contributed by atoms with Crippen LogP contribution in [0, 0.1) is 16.9 Å². The molecule has 105 valence electrons. The molecule has 0 aliphatic heterocycles. The average Bonchev–Trinajstić information content (AvgIpc) is 2.55. The van der Waals surface area contributed by atoms with E-state index in [0.29, 0.717) is 0 Å². The van der Waals surface area contributed by atoms with Gasteiger partial charge in [0.2, 0.25) is 0 Å². The van der Waals surface area contributed by atoms with E-state index in [1.807, 2.05) is 0 Å². The number of rotatable bonds is 2. The standard InChI is InChI=1S/C21H21/c1-2-6-15-8-5-10-19-18(15)13-14-20-17-9-4-3-7-16(17)11-12-21(19)20/h5-8,10-13H,2-4,9,14H2,1H3. The van der Waals surface area contributed by atoms with E-state index in [1.54, 1.807) is 11.1 Å². The van der Waals surface area contributed by atoms with Crippen molar-refractivity contribution < 1.29 is 0 Å². The third kappa shape index (κ3) is 2.05. The minimum atomic E-state index is 1.09. The van der Waals surface area contributed by atoms with Crippen LogP contribution in [-0.2, 0) is 12.8 Å². The maximum atomic E-state index is 2.44. The van der Waals surface area contributed by atoms with E-state index in [4.69, 9.17) is 0 Å². The Kier molecular flexibility index (Phi) is 3.18. The second-order valence-electron chi connectivity index (χ2n) is 6.08. The van der Waals surface area contributed by atoms with Crippen molar-refractivity contribution in [1.82, 2.24) is 0 Å². The van der Waals surface area contributed by atoms with Gasteiger partial charge in [-0.3, -0.25) is 0 Å². The number of hydrogen-bond donors (Lipinski definition) is 0. The molecule has 0 spiro atoms. The Balaban J connectivity index is 2.12. The molecule has 2 aliphatic rings. The van der Waals surface area contributed by atoms with Gasteiger partial charge in [-0.2, -0.15) is 0 Å². The van der Waals surface area contributed by atoms with Crippen molar-refractivity contribution in [2.75, 3.05) is 0 Å². The molecule has 0 fully saturated rings.